The number of hydrogen-bond acceptors (Lipinski definition) is 3. The highest BCUT2D eigenvalue weighted by Crippen LogP contribution is 2.43. The predicted molar refractivity (Wildman–Crippen MR) is 97.7 cm³/mol. The Morgan fingerprint density at radius 2 is 2.00 bits per heavy atom. The van der Waals surface area contributed by atoms with Crippen LogP contribution < -0.4 is 16.4 Å². The maximum absolute atomic E-state index is 12.9. The van der Waals surface area contributed by atoms with Gasteiger partial charge >= 0.3 is 0 Å². The summed E-state index contributed by atoms with van der Waals surface area (Å²) < 4.78 is 0. The molecule has 0 aromatic heterocycles. The summed E-state index contributed by atoms with van der Waals surface area (Å²) in [4.78, 5) is 12.9. The molecule has 0 radical (unpaired) electrons. The van der Waals surface area contributed by atoms with Crippen molar-refractivity contribution < 1.29 is 4.79 Å². The van der Waals surface area contributed by atoms with E-state index in [0.29, 0.717) is 18.4 Å². The fourth-order valence-electron chi connectivity index (χ4n) is 4.32. The second kappa shape index (κ2) is 7.24. The predicted octanol–water partition coefficient (Wildman–Crippen LogP) is 2.71. The molecule has 24 heavy (non-hydrogen) atoms. The molecule has 2 aliphatic rings. The van der Waals surface area contributed by atoms with E-state index in [1.54, 1.807) is 0 Å². The van der Waals surface area contributed by atoms with E-state index >= 15 is 0 Å². The molecule has 0 bridgehead atoms. The molecule has 1 aliphatic carbocycles. The number of amides is 1. The van der Waals surface area contributed by atoms with Crippen molar-refractivity contribution in [1.29, 1.82) is 0 Å². The quantitative estimate of drug-likeness (QED) is 0.778. The van der Waals surface area contributed by atoms with Crippen LogP contribution >= 0.6 is 0 Å². The van der Waals surface area contributed by atoms with Crippen LogP contribution in [0, 0.1) is 11.3 Å². The summed E-state index contributed by atoms with van der Waals surface area (Å²) >= 11 is 0. The van der Waals surface area contributed by atoms with Gasteiger partial charge in [0.15, 0.2) is 0 Å². The maximum atomic E-state index is 12.9. The molecule has 4 heteroatoms. The van der Waals surface area contributed by atoms with Crippen LogP contribution in [-0.4, -0.2) is 25.5 Å². The summed E-state index contributed by atoms with van der Waals surface area (Å²) in [6.45, 7) is 6.68. The minimum atomic E-state index is -0.195. The number of nitrogens with two attached hydrogens (primary N) is 1. The second-order valence-corrected chi connectivity index (χ2v) is 7.87. The maximum Gasteiger partial charge on any atom is 0.227 e. The van der Waals surface area contributed by atoms with Gasteiger partial charge in [0, 0.05) is 19.1 Å². The van der Waals surface area contributed by atoms with Gasteiger partial charge in [0.2, 0.25) is 5.91 Å². The van der Waals surface area contributed by atoms with Crippen molar-refractivity contribution >= 4 is 5.91 Å². The monoisotopic (exact) mass is 329 g/mol. The number of nitrogens with one attached hydrogen (secondary N) is 2. The van der Waals surface area contributed by atoms with Crippen molar-refractivity contribution in [2.24, 2.45) is 17.1 Å². The molecule has 1 heterocycles. The van der Waals surface area contributed by atoms with Crippen molar-refractivity contribution in [3.05, 3.63) is 35.4 Å². The Morgan fingerprint density at radius 1 is 1.29 bits per heavy atom. The Balaban J connectivity index is 1.59. The van der Waals surface area contributed by atoms with Gasteiger partial charge in [0.05, 0.1) is 5.41 Å². The van der Waals surface area contributed by atoms with Crippen LogP contribution in [0.15, 0.2) is 24.3 Å². The lowest BCUT2D eigenvalue weighted by Crippen LogP contribution is -2.49. The first-order valence-corrected chi connectivity index (χ1v) is 9.37. The topological polar surface area (TPSA) is 67.1 Å². The fraction of sp³-hybridized carbons (Fsp3) is 0.650. The average Bonchev–Trinajstić information content (AvgIpc) is 3.04. The zero-order valence-corrected chi connectivity index (χ0v) is 15.0. The van der Waals surface area contributed by atoms with Crippen molar-refractivity contribution in [3.63, 3.8) is 0 Å². The third-order valence-electron chi connectivity index (χ3n) is 6.00. The van der Waals surface area contributed by atoms with Gasteiger partial charge in [-0.05, 0) is 42.3 Å². The molecule has 1 unspecified atom stereocenters. The first-order valence-electron chi connectivity index (χ1n) is 9.37. The van der Waals surface area contributed by atoms with E-state index in [2.05, 4.69) is 48.7 Å². The minimum Gasteiger partial charge on any atom is -0.354 e. The molecule has 4 N–H and O–H groups in total. The summed E-state index contributed by atoms with van der Waals surface area (Å²) in [7, 11) is 0. The van der Waals surface area contributed by atoms with Crippen LogP contribution in [0.3, 0.4) is 0 Å². The molecule has 1 aliphatic heterocycles. The molecule has 4 nitrogen and oxygen atoms in total. The van der Waals surface area contributed by atoms with Gasteiger partial charge in [-0.2, -0.15) is 0 Å². The minimum absolute atomic E-state index is 0.150. The lowest BCUT2D eigenvalue weighted by Gasteiger charge is -2.37. The van der Waals surface area contributed by atoms with Gasteiger partial charge in [-0.1, -0.05) is 51.0 Å². The Kier molecular flexibility index (Phi) is 5.26. The van der Waals surface area contributed by atoms with Crippen LogP contribution in [0.5, 0.6) is 0 Å². The van der Waals surface area contributed by atoms with Crippen LogP contribution in [-0.2, 0) is 4.79 Å². The highest BCUT2D eigenvalue weighted by atomic mass is 16.2. The van der Waals surface area contributed by atoms with E-state index in [1.165, 1.54) is 18.4 Å². The van der Waals surface area contributed by atoms with Crippen LogP contribution in [0.2, 0.25) is 0 Å². The number of benzene rings is 1. The molecule has 3 atom stereocenters. The smallest absolute Gasteiger partial charge is 0.227 e. The Morgan fingerprint density at radius 3 is 2.71 bits per heavy atom. The lowest BCUT2D eigenvalue weighted by molar-refractivity contribution is -0.134. The summed E-state index contributed by atoms with van der Waals surface area (Å²) in [6, 6.07) is 8.30. The summed E-state index contributed by atoms with van der Waals surface area (Å²) in [5.41, 5.74) is 8.51. The van der Waals surface area contributed by atoms with Crippen LogP contribution in [0.25, 0.3) is 0 Å². The van der Waals surface area contributed by atoms with Crippen molar-refractivity contribution in [1.82, 2.24) is 10.6 Å². The molecule has 0 spiro atoms. The van der Waals surface area contributed by atoms with Gasteiger partial charge in [-0.3, -0.25) is 4.79 Å². The van der Waals surface area contributed by atoms with Gasteiger partial charge in [-0.25, -0.2) is 0 Å². The molecule has 1 aromatic carbocycles. The number of carbonyl (C=O) groups is 1. The number of carbonyl (C=O) groups excluding carboxylic acids is 1. The zero-order chi connectivity index (χ0) is 17.2. The SMILES string of the molecule is CC(C)c1ccc(C(N)CNC(=O)[C@@]23CCCC[C@H]2CNC3)cc1. The largest absolute Gasteiger partial charge is 0.354 e. The van der Waals surface area contributed by atoms with E-state index < -0.39 is 0 Å². The third-order valence-corrected chi connectivity index (χ3v) is 6.00. The van der Waals surface area contributed by atoms with E-state index in [1.807, 2.05) is 0 Å². The van der Waals surface area contributed by atoms with E-state index in [0.717, 1.165) is 31.5 Å². The van der Waals surface area contributed by atoms with E-state index in [-0.39, 0.29) is 17.4 Å². The van der Waals surface area contributed by atoms with Crippen molar-refractivity contribution in [2.45, 2.75) is 51.5 Å². The zero-order valence-electron chi connectivity index (χ0n) is 15.0. The normalized spacial score (nSPS) is 27.8. The molecule has 1 amide bonds. The van der Waals surface area contributed by atoms with Gasteiger partial charge in [0.1, 0.15) is 0 Å². The van der Waals surface area contributed by atoms with Crippen molar-refractivity contribution in [2.75, 3.05) is 19.6 Å². The molecule has 1 saturated heterocycles. The van der Waals surface area contributed by atoms with Crippen LogP contribution in [0.4, 0.5) is 0 Å². The van der Waals surface area contributed by atoms with Gasteiger partial charge in [-0.15, -0.1) is 0 Å². The van der Waals surface area contributed by atoms with E-state index in [9.17, 15) is 4.79 Å². The molecule has 132 valence electrons. The first kappa shape index (κ1) is 17.4. The lowest BCUT2D eigenvalue weighted by atomic mass is 9.67. The standard InChI is InChI=1S/C20H31N3O/c1-14(2)15-6-8-16(9-7-15)18(21)12-23-19(24)20-10-4-3-5-17(20)11-22-13-20/h6-9,14,17-18,22H,3-5,10-13,21H2,1-2H3,(H,23,24)/t17-,18?,20+/m0/s1. The summed E-state index contributed by atoms with van der Waals surface area (Å²) in [5, 5.41) is 6.58. The summed E-state index contributed by atoms with van der Waals surface area (Å²) in [6.07, 6.45) is 4.59. The molecule has 3 rings (SSSR count). The highest BCUT2D eigenvalue weighted by molar-refractivity contribution is 5.84. The molecule has 2 fully saturated rings. The Labute approximate surface area is 145 Å². The average molecular weight is 329 g/mol. The van der Waals surface area contributed by atoms with Gasteiger partial charge in [0.25, 0.3) is 0 Å². The van der Waals surface area contributed by atoms with E-state index in [4.69, 9.17) is 5.73 Å². The molecule has 1 saturated carbocycles. The summed E-state index contributed by atoms with van der Waals surface area (Å²) in [5.74, 6) is 1.21. The van der Waals surface area contributed by atoms with Crippen LogP contribution in [0.1, 0.15) is 62.6 Å². The highest BCUT2D eigenvalue weighted by Gasteiger charge is 2.49. The van der Waals surface area contributed by atoms with Crippen molar-refractivity contribution in [3.8, 4) is 0 Å². The Hall–Kier alpha value is -1.39. The first-order chi connectivity index (χ1) is 11.5. The molecular formula is C20H31N3O. The second-order valence-electron chi connectivity index (χ2n) is 7.87. The van der Waals surface area contributed by atoms with Gasteiger partial charge < -0.3 is 16.4 Å². The number of fused-ring (bicyclic) bond motifs is 1. The Bertz CT molecular complexity index is 569. The number of hydrogen-bond donors (Lipinski definition) is 3. The fourth-order valence-corrected chi connectivity index (χ4v) is 4.32. The molecule has 1 aromatic rings. The number of rotatable bonds is 5. The third kappa shape index (κ3) is 3.35. The molecular weight excluding hydrogens is 298 g/mol.